The van der Waals surface area contributed by atoms with Gasteiger partial charge in [-0.2, -0.15) is 6.42 Å². The maximum absolute atomic E-state index is 8.45. The minimum absolute atomic E-state index is 0.145. The van der Waals surface area contributed by atoms with Crippen molar-refractivity contribution in [3.63, 3.8) is 0 Å². The number of rotatable bonds is 4. The number of hydrogen-bond donors (Lipinski definition) is 4. The van der Waals surface area contributed by atoms with Crippen LogP contribution in [-0.4, -0.2) is 16.7 Å². The molecule has 0 heterocycles. The Morgan fingerprint density at radius 3 is 2.42 bits per heavy atom. The van der Waals surface area contributed by atoms with Crippen molar-refractivity contribution >= 4 is 5.96 Å². The fraction of sp³-hybridized carbons (Fsp3) is 0.600. The van der Waals surface area contributed by atoms with Gasteiger partial charge in [-0.1, -0.05) is 6.42 Å². The van der Waals surface area contributed by atoms with Crippen LogP contribution in [0.1, 0.15) is 12.8 Å². The molecular weight excluding hydrogens is 207 g/mol. The van der Waals surface area contributed by atoms with E-state index in [1.54, 1.807) is 6.54 Å². The molecule has 6 nitrogen and oxygen atoms in total. The van der Waals surface area contributed by atoms with Gasteiger partial charge >= 0.3 is 23.0 Å². The average Bonchev–Trinajstić information content (AvgIpc) is 1.99. The van der Waals surface area contributed by atoms with E-state index >= 15 is 0 Å². The number of guanidine groups is 1. The molecule has 0 fully saturated rings. The van der Waals surface area contributed by atoms with Crippen molar-refractivity contribution in [3.05, 3.63) is 6.54 Å². The van der Waals surface area contributed by atoms with Gasteiger partial charge in [0.2, 0.25) is 0 Å². The van der Waals surface area contributed by atoms with Gasteiger partial charge in [0.25, 0.3) is 0 Å². The Bertz CT molecular complexity index is 127. The minimum atomic E-state index is -0.812. The molecular formula is C5H14CoN4O2-. The molecule has 0 rings (SSSR count). The molecule has 0 aliphatic carbocycles. The Morgan fingerprint density at radius 2 is 2.08 bits per heavy atom. The van der Waals surface area contributed by atoms with Gasteiger partial charge in [0.15, 0.2) is 5.96 Å². The Hall–Kier alpha value is -0.504. The SMILES string of the molecule is N[CH-]CCCN=C(N)N.[O]=[Co][OH]. The summed E-state index contributed by atoms with van der Waals surface area (Å²) in [5.41, 5.74) is 15.2. The summed E-state index contributed by atoms with van der Waals surface area (Å²) in [6.07, 6.45) is 1.77. The zero-order valence-corrected chi connectivity index (χ0v) is 7.61. The normalized spacial score (nSPS) is 8.50. The van der Waals surface area contributed by atoms with E-state index in [9.17, 15) is 0 Å². The van der Waals surface area contributed by atoms with Gasteiger partial charge in [0.05, 0.1) is 0 Å². The Kier molecular flexibility index (Phi) is 15.3. The second-order valence-electron chi connectivity index (χ2n) is 1.75. The third kappa shape index (κ3) is 22.7. The van der Waals surface area contributed by atoms with Gasteiger partial charge in [0, 0.05) is 6.54 Å². The second kappa shape index (κ2) is 13.1. The van der Waals surface area contributed by atoms with Crippen LogP contribution in [0.5, 0.6) is 0 Å². The molecule has 0 bridgehead atoms. The molecule has 0 aromatic carbocycles. The molecule has 0 spiro atoms. The van der Waals surface area contributed by atoms with Gasteiger partial charge < -0.3 is 17.2 Å². The summed E-state index contributed by atoms with van der Waals surface area (Å²) in [6, 6.07) is 0. The summed E-state index contributed by atoms with van der Waals surface area (Å²) in [5, 5.41) is 0. The fourth-order valence-electron chi connectivity index (χ4n) is 0.417. The van der Waals surface area contributed by atoms with E-state index in [1.165, 1.54) is 0 Å². The first-order valence-corrected chi connectivity index (χ1v) is 4.03. The molecule has 0 unspecified atom stereocenters. The average molecular weight is 221 g/mol. The first-order valence-electron chi connectivity index (χ1n) is 3.14. The Balaban J connectivity index is 0. The number of nitrogens with zero attached hydrogens (tertiary/aromatic N) is 1. The van der Waals surface area contributed by atoms with Crippen LogP contribution < -0.4 is 17.2 Å². The molecule has 0 amide bonds. The number of hydrogen-bond acceptors (Lipinski definition) is 3. The van der Waals surface area contributed by atoms with E-state index in [0.717, 1.165) is 12.8 Å². The van der Waals surface area contributed by atoms with Crippen LogP contribution in [0.25, 0.3) is 0 Å². The van der Waals surface area contributed by atoms with Gasteiger partial charge in [-0.05, 0) is 0 Å². The summed E-state index contributed by atoms with van der Waals surface area (Å²) in [4.78, 5) is 3.76. The summed E-state index contributed by atoms with van der Waals surface area (Å²) in [6.45, 7) is 2.26. The quantitative estimate of drug-likeness (QED) is 0.198. The van der Waals surface area contributed by atoms with Crippen LogP contribution in [-0.2, 0) is 18.8 Å². The zero-order valence-electron chi connectivity index (χ0n) is 6.57. The third-order valence-corrected chi connectivity index (χ3v) is 0.823. The van der Waals surface area contributed by atoms with Gasteiger partial charge in [-0.3, -0.25) is 11.5 Å². The molecule has 0 saturated heterocycles. The first-order chi connectivity index (χ1) is 5.68. The predicted octanol–water partition coefficient (Wildman–Crippen LogP) is -1.52. The number of aliphatic imine (C=N–C) groups is 1. The van der Waals surface area contributed by atoms with E-state index < -0.39 is 15.0 Å². The van der Waals surface area contributed by atoms with Gasteiger partial charge in [0.1, 0.15) is 0 Å². The van der Waals surface area contributed by atoms with Crippen LogP contribution in [0.2, 0.25) is 0 Å². The zero-order chi connectivity index (χ0) is 9.82. The molecule has 0 atom stereocenters. The maximum atomic E-state index is 8.45. The van der Waals surface area contributed by atoms with Crippen LogP contribution >= 0.6 is 0 Å². The first kappa shape index (κ1) is 14.0. The predicted molar refractivity (Wildman–Crippen MR) is 41.3 cm³/mol. The van der Waals surface area contributed by atoms with Crippen LogP contribution in [0.4, 0.5) is 0 Å². The van der Waals surface area contributed by atoms with E-state index in [2.05, 4.69) is 4.99 Å². The molecule has 76 valence electrons. The Morgan fingerprint density at radius 1 is 1.58 bits per heavy atom. The third-order valence-electron chi connectivity index (χ3n) is 0.823. The molecule has 12 heavy (non-hydrogen) atoms. The topological polar surface area (TPSA) is 128 Å². The molecule has 0 aromatic rings. The van der Waals surface area contributed by atoms with Crippen molar-refractivity contribution in [2.45, 2.75) is 12.8 Å². The van der Waals surface area contributed by atoms with Crippen molar-refractivity contribution in [2.24, 2.45) is 22.2 Å². The molecule has 0 aromatic heterocycles. The van der Waals surface area contributed by atoms with E-state index in [4.69, 9.17) is 25.3 Å². The Labute approximate surface area is 77.7 Å². The van der Waals surface area contributed by atoms with Crippen molar-refractivity contribution in [1.82, 2.24) is 0 Å². The number of nitrogens with two attached hydrogens (primary N) is 3. The standard InChI is InChI=1S/C5H13N4.Co.H2O.O/c6-3-1-2-4-9-5(7)8;;;/h3H,1-2,4,6H2,(H4,7,8,9);;1H2;/q-1;+1;;/p-1. The van der Waals surface area contributed by atoms with Crippen molar-refractivity contribution in [2.75, 3.05) is 6.54 Å². The molecule has 0 aliphatic heterocycles. The molecule has 0 saturated carbocycles. The second-order valence-corrected chi connectivity index (χ2v) is 1.94. The monoisotopic (exact) mass is 221 g/mol. The van der Waals surface area contributed by atoms with Crippen molar-refractivity contribution < 1.29 is 23.0 Å². The van der Waals surface area contributed by atoms with Crippen LogP contribution in [0.15, 0.2) is 4.99 Å². The molecule has 7 heteroatoms. The summed E-state index contributed by atoms with van der Waals surface area (Å²) in [7, 11) is 0. The van der Waals surface area contributed by atoms with Crippen molar-refractivity contribution in [3.8, 4) is 0 Å². The van der Waals surface area contributed by atoms with Crippen LogP contribution in [0.3, 0.4) is 0 Å². The van der Waals surface area contributed by atoms with Gasteiger partial charge in [-0.15, -0.1) is 0 Å². The summed E-state index contributed by atoms with van der Waals surface area (Å²) in [5.74, 6) is 0.145. The molecule has 7 N–H and O–H groups in total. The molecule has 0 aliphatic rings. The number of unbranched alkanes of at least 4 members (excludes halogenated alkanes) is 1. The van der Waals surface area contributed by atoms with Crippen LogP contribution in [0, 0.1) is 6.54 Å². The van der Waals surface area contributed by atoms with E-state index in [1.807, 2.05) is 0 Å². The van der Waals surface area contributed by atoms with Crippen molar-refractivity contribution in [1.29, 1.82) is 0 Å². The van der Waals surface area contributed by atoms with E-state index in [-0.39, 0.29) is 5.96 Å². The molecule has 0 radical (unpaired) electrons. The van der Waals surface area contributed by atoms with Gasteiger partial charge in [-0.25, -0.2) is 0 Å². The fourth-order valence-corrected chi connectivity index (χ4v) is 0.417. The summed E-state index contributed by atoms with van der Waals surface area (Å²) >= 11 is -0.812. The van der Waals surface area contributed by atoms with E-state index in [0.29, 0.717) is 6.54 Å². The summed E-state index contributed by atoms with van der Waals surface area (Å²) < 4.78 is 15.4.